The van der Waals surface area contributed by atoms with Crippen molar-refractivity contribution in [1.82, 2.24) is 10.1 Å². The van der Waals surface area contributed by atoms with E-state index in [9.17, 15) is 18.0 Å². The van der Waals surface area contributed by atoms with Gasteiger partial charge in [-0.3, -0.25) is 0 Å². The van der Waals surface area contributed by atoms with Gasteiger partial charge in [0, 0.05) is 23.2 Å². The zero-order valence-corrected chi connectivity index (χ0v) is 19.3. The van der Waals surface area contributed by atoms with Crippen molar-refractivity contribution >= 4 is 44.3 Å². The maximum absolute atomic E-state index is 13.7. The van der Waals surface area contributed by atoms with Gasteiger partial charge < -0.3 is 24.8 Å². The first-order chi connectivity index (χ1) is 15.7. The lowest BCUT2D eigenvalue weighted by Crippen LogP contribution is -2.38. The topological polar surface area (TPSA) is 79.6 Å². The van der Waals surface area contributed by atoms with E-state index in [0.29, 0.717) is 29.5 Å². The van der Waals surface area contributed by atoms with E-state index in [1.807, 2.05) is 0 Å². The minimum Gasteiger partial charge on any atom is -0.490 e. The second-order valence-corrected chi connectivity index (χ2v) is 8.56. The highest BCUT2D eigenvalue weighted by atomic mass is 79.9. The van der Waals surface area contributed by atoms with Gasteiger partial charge in [-0.15, -0.1) is 0 Å². The lowest BCUT2D eigenvalue weighted by atomic mass is 10.1. The highest BCUT2D eigenvalue weighted by molar-refractivity contribution is 9.10. The first kappa shape index (κ1) is 23.4. The third-order valence-corrected chi connectivity index (χ3v) is 6.23. The second-order valence-electron chi connectivity index (χ2n) is 7.70. The Kier molecular flexibility index (Phi) is 6.80. The Morgan fingerprint density at radius 2 is 2.00 bits per heavy atom. The molecule has 1 saturated heterocycles. The summed E-state index contributed by atoms with van der Waals surface area (Å²) in [6.45, 7) is 4.54. The van der Waals surface area contributed by atoms with Gasteiger partial charge in [0.05, 0.1) is 22.8 Å². The highest BCUT2D eigenvalue weighted by Gasteiger charge is 2.36. The molecule has 33 heavy (non-hydrogen) atoms. The summed E-state index contributed by atoms with van der Waals surface area (Å²) in [5.74, 6) is -0.236. The van der Waals surface area contributed by atoms with E-state index in [4.69, 9.17) is 9.26 Å². The molecule has 1 fully saturated rings. The molecule has 0 saturated carbocycles. The molecule has 0 atom stereocenters. The minimum atomic E-state index is -4.63. The maximum Gasteiger partial charge on any atom is 0.420 e. The van der Waals surface area contributed by atoms with Crippen molar-refractivity contribution in [2.75, 3.05) is 30.3 Å². The van der Waals surface area contributed by atoms with Crippen molar-refractivity contribution in [3.8, 4) is 5.75 Å². The summed E-state index contributed by atoms with van der Waals surface area (Å²) < 4.78 is 52.8. The quantitative estimate of drug-likeness (QED) is 0.418. The summed E-state index contributed by atoms with van der Waals surface area (Å²) in [5.41, 5.74) is -0.274. The zero-order valence-electron chi connectivity index (χ0n) is 17.7. The lowest BCUT2D eigenvalue weighted by molar-refractivity contribution is -0.139. The molecule has 11 heteroatoms. The summed E-state index contributed by atoms with van der Waals surface area (Å²) in [5, 5.41) is 9.36. The Balaban J connectivity index is 1.48. The SMILES string of the molecule is CCN1CCC(Oc2ccc(NC(=O)Nc3ccc(Br)c4cnoc34)cc2C(F)(F)F)CC1. The number of piperidine rings is 1. The zero-order chi connectivity index (χ0) is 23.6. The molecule has 3 aromatic rings. The monoisotopic (exact) mass is 526 g/mol. The summed E-state index contributed by atoms with van der Waals surface area (Å²) in [7, 11) is 0. The Morgan fingerprint density at radius 1 is 1.24 bits per heavy atom. The number of nitrogens with zero attached hydrogens (tertiary/aromatic N) is 2. The van der Waals surface area contributed by atoms with Gasteiger partial charge in [-0.1, -0.05) is 12.1 Å². The molecule has 2 N–H and O–H groups in total. The van der Waals surface area contributed by atoms with E-state index in [1.165, 1.54) is 18.3 Å². The normalized spacial score (nSPS) is 15.5. The van der Waals surface area contributed by atoms with Gasteiger partial charge in [-0.05, 0) is 65.6 Å². The number of nitrogens with one attached hydrogen (secondary N) is 2. The van der Waals surface area contributed by atoms with Crippen LogP contribution < -0.4 is 15.4 Å². The van der Waals surface area contributed by atoms with Crippen LogP contribution >= 0.6 is 15.9 Å². The van der Waals surface area contributed by atoms with Crippen molar-refractivity contribution in [3.63, 3.8) is 0 Å². The van der Waals surface area contributed by atoms with Gasteiger partial charge in [-0.25, -0.2) is 4.79 Å². The van der Waals surface area contributed by atoms with Crippen LogP contribution in [0.4, 0.5) is 29.3 Å². The predicted octanol–water partition coefficient (Wildman–Crippen LogP) is 6.12. The Labute approximate surface area is 196 Å². The van der Waals surface area contributed by atoms with Crippen LogP contribution in [0.3, 0.4) is 0 Å². The van der Waals surface area contributed by atoms with Crippen LogP contribution in [0.5, 0.6) is 5.75 Å². The maximum atomic E-state index is 13.7. The summed E-state index contributed by atoms with van der Waals surface area (Å²) in [6, 6.07) is 6.09. The molecule has 1 aliphatic rings. The van der Waals surface area contributed by atoms with Gasteiger partial charge in [0.15, 0.2) is 5.58 Å². The van der Waals surface area contributed by atoms with Crippen molar-refractivity contribution in [1.29, 1.82) is 0 Å². The van der Waals surface area contributed by atoms with Crippen molar-refractivity contribution in [2.24, 2.45) is 0 Å². The predicted molar refractivity (Wildman–Crippen MR) is 122 cm³/mol. The lowest BCUT2D eigenvalue weighted by Gasteiger charge is -2.31. The number of carbonyl (C=O) groups is 1. The number of anilines is 2. The van der Waals surface area contributed by atoms with E-state index in [1.54, 1.807) is 12.1 Å². The van der Waals surface area contributed by atoms with Crippen LogP contribution in [0.15, 0.2) is 45.5 Å². The number of carbonyl (C=O) groups excluding carboxylic acids is 1. The molecular weight excluding hydrogens is 505 g/mol. The van der Waals surface area contributed by atoms with Crippen LogP contribution in [0.25, 0.3) is 11.0 Å². The number of fused-ring (bicyclic) bond motifs is 1. The number of benzene rings is 2. The number of ether oxygens (including phenoxy) is 1. The Hall–Kier alpha value is -2.79. The van der Waals surface area contributed by atoms with E-state index in [-0.39, 0.29) is 17.5 Å². The molecule has 2 amide bonds. The number of aromatic nitrogens is 1. The number of hydrogen-bond donors (Lipinski definition) is 2. The first-order valence-corrected chi connectivity index (χ1v) is 11.2. The Bertz CT molecular complexity index is 1140. The first-order valence-electron chi connectivity index (χ1n) is 10.5. The van der Waals surface area contributed by atoms with Crippen LogP contribution in [0, 0.1) is 0 Å². The number of rotatable bonds is 5. The molecule has 7 nitrogen and oxygen atoms in total. The van der Waals surface area contributed by atoms with Crippen molar-refractivity contribution in [2.45, 2.75) is 32.0 Å². The number of hydrogen-bond acceptors (Lipinski definition) is 5. The standard InChI is InChI=1S/C22H22BrF3N4O3/c1-2-30-9-7-14(8-10-30)32-19-6-3-13(11-16(19)22(24,25)26)28-21(31)29-18-5-4-17(23)15-12-27-33-20(15)18/h3-6,11-12,14H,2,7-10H2,1H3,(H2,28,29,31). The van der Waals surface area contributed by atoms with Gasteiger partial charge in [0.1, 0.15) is 11.9 Å². The summed E-state index contributed by atoms with van der Waals surface area (Å²) in [6.07, 6.45) is -2.10. The molecular formula is C22H22BrF3N4O3. The number of amides is 2. The fourth-order valence-electron chi connectivity index (χ4n) is 3.76. The third-order valence-electron chi connectivity index (χ3n) is 5.54. The number of alkyl halides is 3. The number of urea groups is 1. The third kappa shape index (κ3) is 5.41. The van der Waals surface area contributed by atoms with Gasteiger partial charge in [0.25, 0.3) is 0 Å². The fourth-order valence-corrected chi connectivity index (χ4v) is 4.18. The molecule has 176 valence electrons. The largest absolute Gasteiger partial charge is 0.490 e. The van der Waals surface area contributed by atoms with E-state index in [0.717, 1.165) is 30.2 Å². The van der Waals surface area contributed by atoms with E-state index >= 15 is 0 Å². The molecule has 0 aliphatic carbocycles. The molecule has 1 aliphatic heterocycles. The van der Waals surface area contributed by atoms with Crippen LogP contribution in [-0.4, -0.2) is 41.8 Å². The van der Waals surface area contributed by atoms with E-state index < -0.39 is 17.8 Å². The van der Waals surface area contributed by atoms with Gasteiger partial charge in [0.2, 0.25) is 0 Å². The molecule has 4 rings (SSSR count). The molecule has 1 aromatic heterocycles. The van der Waals surface area contributed by atoms with E-state index in [2.05, 4.69) is 43.5 Å². The van der Waals surface area contributed by atoms with Crippen LogP contribution in [-0.2, 0) is 6.18 Å². The molecule has 2 heterocycles. The highest BCUT2D eigenvalue weighted by Crippen LogP contribution is 2.39. The fraction of sp³-hybridized carbons (Fsp3) is 0.364. The minimum absolute atomic E-state index is 0.0149. The number of halogens is 4. The molecule has 0 spiro atoms. The van der Waals surface area contributed by atoms with Gasteiger partial charge >= 0.3 is 12.2 Å². The van der Waals surface area contributed by atoms with Crippen molar-refractivity contribution in [3.05, 3.63) is 46.6 Å². The smallest absolute Gasteiger partial charge is 0.420 e. The van der Waals surface area contributed by atoms with Crippen molar-refractivity contribution < 1.29 is 27.2 Å². The molecule has 0 unspecified atom stereocenters. The summed E-state index contributed by atoms with van der Waals surface area (Å²) >= 11 is 3.36. The van der Waals surface area contributed by atoms with Gasteiger partial charge in [-0.2, -0.15) is 13.2 Å². The van der Waals surface area contributed by atoms with Crippen LogP contribution in [0.1, 0.15) is 25.3 Å². The summed E-state index contributed by atoms with van der Waals surface area (Å²) in [4.78, 5) is 14.7. The molecule has 0 radical (unpaired) electrons. The number of likely N-dealkylation sites (tertiary alicyclic amines) is 1. The van der Waals surface area contributed by atoms with Crippen LogP contribution in [0.2, 0.25) is 0 Å². The average Bonchev–Trinajstić information content (AvgIpc) is 3.28. The molecule has 0 bridgehead atoms. The average molecular weight is 527 g/mol. The molecule has 2 aromatic carbocycles. The Morgan fingerprint density at radius 3 is 2.70 bits per heavy atom. The second kappa shape index (κ2) is 9.60.